The van der Waals surface area contributed by atoms with Gasteiger partial charge >= 0.3 is 0 Å². The zero-order valence-corrected chi connectivity index (χ0v) is 22.5. The van der Waals surface area contributed by atoms with E-state index in [4.69, 9.17) is 16.6 Å². The number of halogens is 1. The molecular weight excluding hydrogens is 550 g/mol. The number of imidazole rings is 1. The molecule has 0 unspecified atom stereocenters. The number of anilines is 1. The van der Waals surface area contributed by atoms with Crippen molar-refractivity contribution in [1.82, 2.24) is 29.1 Å². The molecule has 3 aromatic heterocycles. The number of hydrogen-bond donors (Lipinski definition) is 1. The molecule has 3 aromatic carbocycles. The van der Waals surface area contributed by atoms with Crippen molar-refractivity contribution in [1.29, 1.82) is 0 Å². The van der Waals surface area contributed by atoms with Gasteiger partial charge < -0.3 is 0 Å². The van der Waals surface area contributed by atoms with Gasteiger partial charge in [0.15, 0.2) is 17.0 Å². The molecule has 0 spiro atoms. The molecule has 0 aliphatic carbocycles. The molecule has 10 nitrogen and oxygen atoms in total. The Morgan fingerprint density at radius 2 is 1.52 bits per heavy atom. The minimum atomic E-state index is -3.48. The summed E-state index contributed by atoms with van der Waals surface area (Å²) >= 11 is 6.12. The lowest BCUT2D eigenvalue weighted by Gasteiger charge is -2.14. The van der Waals surface area contributed by atoms with Crippen LogP contribution in [0, 0.1) is 0 Å². The smallest absolute Gasteiger partial charge is 0.284 e. The SMILES string of the molecule is CS(=O)(=O)Nc1cccc(-n2cnc3c(=O)n(-c4ccc(Cl)cc4)c(-c4ccc(-c5ncccn5)cc4)nc32)c1. The molecule has 12 heteroatoms. The van der Waals surface area contributed by atoms with Crippen molar-refractivity contribution in [3.8, 4) is 34.2 Å². The second kappa shape index (κ2) is 10.0. The van der Waals surface area contributed by atoms with E-state index in [1.807, 2.05) is 24.3 Å². The van der Waals surface area contributed by atoms with E-state index in [9.17, 15) is 13.2 Å². The Hall–Kier alpha value is -4.87. The standard InChI is InChI=1S/C28H20ClN7O3S/c1-40(38,39)34-21-4-2-5-23(16-21)35-17-32-24-27(35)33-26(36(28(24)37)22-12-10-20(29)11-13-22)19-8-6-18(7-9-19)25-30-14-3-15-31-25/h2-17,34H,1H3. The molecule has 198 valence electrons. The van der Waals surface area contributed by atoms with Crippen LogP contribution in [0.2, 0.25) is 5.02 Å². The summed E-state index contributed by atoms with van der Waals surface area (Å²) in [7, 11) is -3.48. The molecule has 40 heavy (non-hydrogen) atoms. The van der Waals surface area contributed by atoms with E-state index in [1.54, 1.807) is 71.6 Å². The molecule has 1 N–H and O–H groups in total. The number of rotatable bonds is 6. The number of sulfonamides is 1. The van der Waals surface area contributed by atoms with Gasteiger partial charge in [0.2, 0.25) is 10.0 Å². The van der Waals surface area contributed by atoms with Crippen molar-refractivity contribution in [2.75, 3.05) is 11.0 Å². The van der Waals surface area contributed by atoms with Gasteiger partial charge in [0, 0.05) is 28.5 Å². The summed E-state index contributed by atoms with van der Waals surface area (Å²) in [6.45, 7) is 0. The number of benzene rings is 3. The van der Waals surface area contributed by atoms with Crippen LogP contribution in [-0.2, 0) is 10.0 Å². The van der Waals surface area contributed by atoms with Crippen molar-refractivity contribution in [2.45, 2.75) is 0 Å². The topological polar surface area (TPSA) is 125 Å². The van der Waals surface area contributed by atoms with Crippen molar-refractivity contribution >= 4 is 38.5 Å². The lowest BCUT2D eigenvalue weighted by molar-refractivity contribution is 0.607. The zero-order chi connectivity index (χ0) is 27.9. The fraction of sp³-hybridized carbons (Fsp3) is 0.0357. The second-order valence-corrected chi connectivity index (χ2v) is 11.1. The third-order valence-corrected chi connectivity index (χ3v) is 6.91. The van der Waals surface area contributed by atoms with Gasteiger partial charge in [-0.1, -0.05) is 41.9 Å². The van der Waals surface area contributed by atoms with E-state index in [-0.39, 0.29) is 11.1 Å². The van der Waals surface area contributed by atoms with Gasteiger partial charge in [0.25, 0.3) is 5.56 Å². The molecule has 0 aliphatic rings. The molecule has 0 fully saturated rings. The van der Waals surface area contributed by atoms with E-state index >= 15 is 0 Å². The third-order valence-electron chi connectivity index (χ3n) is 6.05. The molecule has 0 aliphatic heterocycles. The minimum Gasteiger partial charge on any atom is -0.284 e. The Labute approximate surface area is 233 Å². The molecule has 6 aromatic rings. The first-order valence-electron chi connectivity index (χ1n) is 12.0. The first-order chi connectivity index (χ1) is 19.3. The van der Waals surface area contributed by atoms with E-state index in [2.05, 4.69) is 19.7 Å². The maximum atomic E-state index is 13.9. The van der Waals surface area contributed by atoms with Gasteiger partial charge in [-0.2, -0.15) is 0 Å². The van der Waals surface area contributed by atoms with Crippen LogP contribution in [0.15, 0.2) is 102 Å². The van der Waals surface area contributed by atoms with Crippen LogP contribution in [0.5, 0.6) is 0 Å². The highest BCUT2D eigenvalue weighted by Crippen LogP contribution is 2.27. The van der Waals surface area contributed by atoms with Gasteiger partial charge in [0.1, 0.15) is 12.2 Å². The lowest BCUT2D eigenvalue weighted by Crippen LogP contribution is -2.22. The first-order valence-corrected chi connectivity index (χ1v) is 14.3. The Morgan fingerprint density at radius 1 is 0.825 bits per heavy atom. The Morgan fingerprint density at radius 3 is 2.23 bits per heavy atom. The predicted molar refractivity (Wildman–Crippen MR) is 154 cm³/mol. The summed E-state index contributed by atoms with van der Waals surface area (Å²) in [6.07, 6.45) is 5.91. The molecule has 0 amide bonds. The maximum absolute atomic E-state index is 13.9. The van der Waals surface area contributed by atoms with E-state index in [1.165, 1.54) is 10.9 Å². The van der Waals surface area contributed by atoms with E-state index in [0.29, 0.717) is 44.9 Å². The van der Waals surface area contributed by atoms with Gasteiger partial charge in [-0.05, 0) is 48.5 Å². The normalized spacial score (nSPS) is 11.6. The fourth-order valence-electron chi connectivity index (χ4n) is 4.31. The van der Waals surface area contributed by atoms with E-state index < -0.39 is 10.0 Å². The minimum absolute atomic E-state index is 0.148. The predicted octanol–water partition coefficient (Wildman–Crippen LogP) is 4.72. The van der Waals surface area contributed by atoms with E-state index in [0.717, 1.165) is 11.8 Å². The molecular formula is C28H20ClN7O3S. The van der Waals surface area contributed by atoms with Crippen LogP contribution in [0.25, 0.3) is 45.3 Å². The molecule has 0 saturated carbocycles. The van der Waals surface area contributed by atoms with Gasteiger partial charge in [0.05, 0.1) is 23.3 Å². The van der Waals surface area contributed by atoms with Crippen LogP contribution < -0.4 is 10.3 Å². The van der Waals surface area contributed by atoms with Crippen molar-refractivity contribution < 1.29 is 8.42 Å². The molecule has 0 bridgehead atoms. The molecule has 0 radical (unpaired) electrons. The molecule has 0 saturated heterocycles. The summed E-state index contributed by atoms with van der Waals surface area (Å²) in [5.74, 6) is 0.959. The zero-order valence-electron chi connectivity index (χ0n) is 20.9. The number of fused-ring (bicyclic) bond motifs is 1. The Kier molecular flexibility index (Phi) is 6.37. The van der Waals surface area contributed by atoms with Crippen molar-refractivity contribution in [2.24, 2.45) is 0 Å². The number of nitrogens with one attached hydrogen (secondary N) is 1. The average Bonchev–Trinajstić information content (AvgIpc) is 3.38. The van der Waals surface area contributed by atoms with Crippen LogP contribution >= 0.6 is 11.6 Å². The lowest BCUT2D eigenvalue weighted by atomic mass is 10.1. The maximum Gasteiger partial charge on any atom is 0.286 e. The number of aromatic nitrogens is 6. The van der Waals surface area contributed by atoms with Crippen LogP contribution in [0.4, 0.5) is 5.69 Å². The molecule has 3 heterocycles. The highest BCUT2D eigenvalue weighted by Gasteiger charge is 2.19. The summed E-state index contributed by atoms with van der Waals surface area (Å²) in [6, 6.07) is 22.8. The highest BCUT2D eigenvalue weighted by atomic mass is 35.5. The number of hydrogen-bond acceptors (Lipinski definition) is 7. The van der Waals surface area contributed by atoms with Crippen LogP contribution in [-0.4, -0.2) is 43.7 Å². The number of nitrogens with zero attached hydrogens (tertiary/aromatic N) is 6. The monoisotopic (exact) mass is 569 g/mol. The van der Waals surface area contributed by atoms with Crippen LogP contribution in [0.3, 0.4) is 0 Å². The summed E-state index contributed by atoms with van der Waals surface area (Å²) in [5, 5.41) is 0.534. The van der Waals surface area contributed by atoms with Crippen molar-refractivity contribution in [3.05, 3.63) is 113 Å². The van der Waals surface area contributed by atoms with Crippen LogP contribution in [0.1, 0.15) is 0 Å². The summed E-state index contributed by atoms with van der Waals surface area (Å²) < 4.78 is 29.1. The fourth-order valence-corrected chi connectivity index (χ4v) is 5.00. The molecule has 6 rings (SSSR count). The van der Waals surface area contributed by atoms with Gasteiger partial charge in [-0.3, -0.25) is 18.7 Å². The first kappa shape index (κ1) is 25.4. The third kappa shape index (κ3) is 4.95. The molecule has 0 atom stereocenters. The largest absolute Gasteiger partial charge is 0.286 e. The Balaban J connectivity index is 1.55. The van der Waals surface area contributed by atoms with Gasteiger partial charge in [-0.15, -0.1) is 0 Å². The average molecular weight is 570 g/mol. The Bertz CT molecular complexity index is 2020. The summed E-state index contributed by atoms with van der Waals surface area (Å²) in [5.41, 5.74) is 3.10. The summed E-state index contributed by atoms with van der Waals surface area (Å²) in [4.78, 5) is 31.8. The highest BCUT2D eigenvalue weighted by molar-refractivity contribution is 7.92. The quantitative estimate of drug-likeness (QED) is 0.308. The van der Waals surface area contributed by atoms with Gasteiger partial charge in [-0.25, -0.2) is 28.4 Å². The van der Waals surface area contributed by atoms with Crippen molar-refractivity contribution in [3.63, 3.8) is 0 Å². The second-order valence-electron chi connectivity index (χ2n) is 8.91.